The highest BCUT2D eigenvalue weighted by atomic mass is 32.1. The predicted octanol–water partition coefficient (Wildman–Crippen LogP) is 3.77. The van der Waals surface area contributed by atoms with E-state index in [1.54, 1.807) is 22.7 Å². The van der Waals surface area contributed by atoms with E-state index in [2.05, 4.69) is 55.0 Å². The number of nitrogens with one attached hydrogen (secondary N) is 1. The molecule has 3 aromatic rings. The molecule has 0 aliphatic carbocycles. The van der Waals surface area contributed by atoms with E-state index < -0.39 is 0 Å². The van der Waals surface area contributed by atoms with Crippen LogP contribution in [0.25, 0.3) is 10.6 Å². The Hall–Kier alpha value is -1.83. The maximum absolute atomic E-state index is 4.35. The Morgan fingerprint density at radius 2 is 2.12 bits per heavy atom. The Labute approximate surface area is 162 Å². The molecule has 0 amide bonds. The van der Waals surface area contributed by atoms with Crippen LogP contribution in [0.1, 0.15) is 23.5 Å². The third-order valence-corrected chi connectivity index (χ3v) is 6.30. The van der Waals surface area contributed by atoms with E-state index in [0.29, 0.717) is 6.04 Å². The molecule has 0 bridgehead atoms. The van der Waals surface area contributed by atoms with Gasteiger partial charge in [0.15, 0.2) is 0 Å². The van der Waals surface area contributed by atoms with Crippen molar-refractivity contribution >= 4 is 28.4 Å². The van der Waals surface area contributed by atoms with Gasteiger partial charge in [-0.1, -0.05) is 23.5 Å². The molecule has 1 aliphatic heterocycles. The average molecular weight is 386 g/mol. The number of hydrogen-bond donors (Lipinski definition) is 1. The summed E-state index contributed by atoms with van der Waals surface area (Å²) in [6.45, 7) is 5.19. The molecule has 1 fully saturated rings. The van der Waals surface area contributed by atoms with E-state index in [0.717, 1.165) is 41.6 Å². The lowest BCUT2D eigenvalue weighted by molar-refractivity contribution is 0.417. The van der Waals surface area contributed by atoms with Crippen molar-refractivity contribution in [1.82, 2.24) is 20.5 Å². The predicted molar refractivity (Wildman–Crippen MR) is 109 cm³/mol. The number of rotatable bonds is 6. The molecule has 7 heteroatoms. The van der Waals surface area contributed by atoms with Crippen molar-refractivity contribution in [2.75, 3.05) is 24.5 Å². The van der Waals surface area contributed by atoms with E-state index in [1.165, 1.54) is 24.2 Å². The molecule has 0 spiro atoms. The second kappa shape index (κ2) is 8.24. The number of thiazole rings is 1. The average Bonchev–Trinajstić information content (AvgIpc) is 3.34. The van der Waals surface area contributed by atoms with Crippen LogP contribution < -0.4 is 10.2 Å². The van der Waals surface area contributed by atoms with Crippen molar-refractivity contribution in [2.24, 2.45) is 0 Å². The van der Waals surface area contributed by atoms with Gasteiger partial charge in [0.1, 0.15) is 10.0 Å². The summed E-state index contributed by atoms with van der Waals surface area (Å²) in [5, 5.41) is 16.3. The fraction of sp³-hybridized carbons (Fsp3) is 0.421. The van der Waals surface area contributed by atoms with Gasteiger partial charge >= 0.3 is 0 Å². The molecule has 1 N–H and O–H groups in total. The summed E-state index contributed by atoms with van der Waals surface area (Å²) in [7, 11) is 0. The molecule has 4 rings (SSSR count). The van der Waals surface area contributed by atoms with Gasteiger partial charge in [-0.15, -0.1) is 21.5 Å². The van der Waals surface area contributed by atoms with Crippen LogP contribution >= 0.6 is 22.7 Å². The van der Waals surface area contributed by atoms with Gasteiger partial charge in [-0.2, -0.15) is 0 Å². The van der Waals surface area contributed by atoms with Crippen LogP contribution in [0.5, 0.6) is 0 Å². The highest BCUT2D eigenvalue weighted by Gasteiger charge is 2.19. The van der Waals surface area contributed by atoms with Gasteiger partial charge in [0.05, 0.1) is 11.2 Å². The van der Waals surface area contributed by atoms with Crippen LogP contribution in [0.15, 0.2) is 35.2 Å². The van der Waals surface area contributed by atoms with Crippen molar-refractivity contribution < 1.29 is 0 Å². The summed E-state index contributed by atoms with van der Waals surface area (Å²) < 4.78 is 0. The van der Waals surface area contributed by atoms with Crippen LogP contribution in [-0.4, -0.2) is 40.9 Å². The van der Waals surface area contributed by atoms with Crippen molar-refractivity contribution in [3.63, 3.8) is 0 Å². The van der Waals surface area contributed by atoms with Gasteiger partial charge in [-0.05, 0) is 31.9 Å². The molecule has 3 heterocycles. The first-order valence-electron chi connectivity index (χ1n) is 9.04. The topological polar surface area (TPSA) is 53.9 Å². The maximum Gasteiger partial charge on any atom is 0.147 e. The standard InChI is InChI=1S/C19H23N5S2/c1-14-22-23-19(26-14)15-3-2-4-18(11-15)24-9-6-16(7-10-24)20-8-5-17-12-25-13-21-17/h2-4,11-13,16,20H,5-10H2,1H3. The van der Waals surface area contributed by atoms with E-state index in [-0.39, 0.29) is 0 Å². The zero-order chi connectivity index (χ0) is 17.8. The van der Waals surface area contributed by atoms with Crippen LogP contribution in [0.3, 0.4) is 0 Å². The maximum atomic E-state index is 4.35. The molecular weight excluding hydrogens is 362 g/mol. The molecule has 1 aromatic carbocycles. The minimum absolute atomic E-state index is 0.610. The lowest BCUT2D eigenvalue weighted by atomic mass is 10.0. The largest absolute Gasteiger partial charge is 0.371 e. The summed E-state index contributed by atoms with van der Waals surface area (Å²) in [5.41, 5.74) is 5.56. The fourth-order valence-corrected chi connectivity index (χ4v) is 4.64. The van der Waals surface area contributed by atoms with E-state index in [1.807, 2.05) is 12.4 Å². The number of aromatic nitrogens is 3. The second-order valence-corrected chi connectivity index (χ2v) is 8.52. The summed E-state index contributed by atoms with van der Waals surface area (Å²) in [4.78, 5) is 6.83. The van der Waals surface area contributed by atoms with Crippen molar-refractivity contribution in [3.8, 4) is 10.6 Å². The van der Waals surface area contributed by atoms with Crippen LogP contribution in [0.4, 0.5) is 5.69 Å². The smallest absolute Gasteiger partial charge is 0.147 e. The molecule has 0 radical (unpaired) electrons. The van der Waals surface area contributed by atoms with Gasteiger partial charge < -0.3 is 10.2 Å². The van der Waals surface area contributed by atoms with Crippen LogP contribution in [0.2, 0.25) is 0 Å². The highest BCUT2D eigenvalue weighted by Crippen LogP contribution is 2.28. The molecular formula is C19H23N5S2. The molecule has 0 saturated carbocycles. The normalized spacial score (nSPS) is 15.5. The lowest BCUT2D eigenvalue weighted by Crippen LogP contribution is -2.43. The van der Waals surface area contributed by atoms with E-state index >= 15 is 0 Å². The fourth-order valence-electron chi connectivity index (χ4n) is 3.36. The zero-order valence-electron chi connectivity index (χ0n) is 14.9. The Balaban J connectivity index is 1.30. The molecule has 1 aliphatic rings. The van der Waals surface area contributed by atoms with Gasteiger partial charge in [-0.25, -0.2) is 4.98 Å². The number of nitrogens with zero attached hydrogens (tertiary/aromatic N) is 4. The molecule has 0 atom stereocenters. The Bertz CT molecular complexity index is 822. The van der Waals surface area contributed by atoms with Gasteiger partial charge in [0, 0.05) is 48.7 Å². The van der Waals surface area contributed by atoms with Gasteiger partial charge in [0.25, 0.3) is 0 Å². The van der Waals surface area contributed by atoms with E-state index in [4.69, 9.17) is 0 Å². The first-order valence-corrected chi connectivity index (χ1v) is 10.8. The number of piperidine rings is 1. The lowest BCUT2D eigenvalue weighted by Gasteiger charge is -2.34. The third kappa shape index (κ3) is 4.28. The zero-order valence-corrected chi connectivity index (χ0v) is 16.5. The Kier molecular flexibility index (Phi) is 5.57. The number of anilines is 1. The molecule has 1 saturated heterocycles. The molecule has 0 unspecified atom stereocenters. The summed E-state index contributed by atoms with van der Waals surface area (Å²) in [5.74, 6) is 0. The molecule has 136 valence electrons. The van der Waals surface area contributed by atoms with Crippen LogP contribution in [0, 0.1) is 6.92 Å². The second-order valence-electron chi connectivity index (χ2n) is 6.62. The van der Waals surface area contributed by atoms with Crippen molar-refractivity contribution in [3.05, 3.63) is 45.9 Å². The number of aryl methyl sites for hydroxylation is 1. The van der Waals surface area contributed by atoms with Gasteiger partial charge in [-0.3, -0.25) is 0 Å². The quantitative estimate of drug-likeness (QED) is 0.700. The summed E-state index contributed by atoms with van der Waals surface area (Å²) in [6, 6.07) is 9.30. The Morgan fingerprint density at radius 3 is 2.85 bits per heavy atom. The van der Waals surface area contributed by atoms with Crippen molar-refractivity contribution in [2.45, 2.75) is 32.2 Å². The first-order chi connectivity index (χ1) is 12.8. The monoisotopic (exact) mass is 385 g/mol. The van der Waals surface area contributed by atoms with Gasteiger partial charge in [0.2, 0.25) is 0 Å². The SMILES string of the molecule is Cc1nnc(-c2cccc(N3CCC(NCCc4cscn4)CC3)c2)s1. The summed E-state index contributed by atoms with van der Waals surface area (Å²) in [6.07, 6.45) is 3.38. The number of benzene rings is 1. The first kappa shape index (κ1) is 17.6. The molecule has 2 aromatic heterocycles. The van der Waals surface area contributed by atoms with Crippen LogP contribution in [-0.2, 0) is 6.42 Å². The Morgan fingerprint density at radius 1 is 1.23 bits per heavy atom. The minimum atomic E-state index is 0.610. The third-order valence-electron chi connectivity index (χ3n) is 4.78. The molecule has 26 heavy (non-hydrogen) atoms. The number of hydrogen-bond acceptors (Lipinski definition) is 7. The van der Waals surface area contributed by atoms with Crippen molar-refractivity contribution in [1.29, 1.82) is 0 Å². The highest BCUT2D eigenvalue weighted by molar-refractivity contribution is 7.14. The van der Waals surface area contributed by atoms with E-state index in [9.17, 15) is 0 Å². The minimum Gasteiger partial charge on any atom is -0.371 e. The molecule has 5 nitrogen and oxygen atoms in total. The summed E-state index contributed by atoms with van der Waals surface area (Å²) >= 11 is 3.32.